The summed E-state index contributed by atoms with van der Waals surface area (Å²) in [6, 6.07) is 12.8. The monoisotopic (exact) mass is 409 g/mol. The first-order valence-corrected chi connectivity index (χ1v) is 11.0. The summed E-state index contributed by atoms with van der Waals surface area (Å²) >= 11 is 0. The average Bonchev–Trinajstić information content (AvgIpc) is 3.18. The van der Waals surface area contributed by atoms with E-state index in [-0.39, 0.29) is 10.9 Å². The number of aromatic nitrogens is 3. The predicted octanol–water partition coefficient (Wildman–Crippen LogP) is 2.61. The first kappa shape index (κ1) is 19.5. The van der Waals surface area contributed by atoms with Crippen molar-refractivity contribution in [3.8, 4) is 0 Å². The van der Waals surface area contributed by atoms with Crippen LogP contribution in [0.3, 0.4) is 0 Å². The fraction of sp³-hybridized carbons (Fsp3) is 0.238. The summed E-state index contributed by atoms with van der Waals surface area (Å²) in [7, 11) is -3.58. The Kier molecular flexibility index (Phi) is 5.57. The predicted molar refractivity (Wildman–Crippen MR) is 114 cm³/mol. The molecule has 29 heavy (non-hydrogen) atoms. The van der Waals surface area contributed by atoms with Gasteiger partial charge in [-0.3, -0.25) is 4.98 Å². The number of benzene rings is 2. The molecule has 0 aliphatic rings. The standard InChI is InChI=1S/C21H23N5O2S/c1-15(12-22-8-6-16-2-5-20-21(10-16)25-14-24-20)26-29(27,28)19-4-3-18-13-23-9-7-17(18)11-19/h2-5,7,9-11,13-15,22,26H,6,8,12H2,1H3,(H,24,25)/t15-/m1/s1. The summed E-state index contributed by atoms with van der Waals surface area (Å²) in [5.74, 6) is 0. The third-order valence-corrected chi connectivity index (χ3v) is 6.39. The van der Waals surface area contributed by atoms with Crippen LogP contribution in [0.4, 0.5) is 0 Å². The molecule has 0 radical (unpaired) electrons. The Balaban J connectivity index is 1.30. The van der Waals surface area contributed by atoms with Crippen LogP contribution in [0.2, 0.25) is 0 Å². The van der Waals surface area contributed by atoms with Gasteiger partial charge in [-0.05, 0) is 61.2 Å². The summed E-state index contributed by atoms with van der Waals surface area (Å²) in [6.07, 6.45) is 5.91. The van der Waals surface area contributed by atoms with E-state index < -0.39 is 10.0 Å². The van der Waals surface area contributed by atoms with Gasteiger partial charge in [0.25, 0.3) is 0 Å². The van der Waals surface area contributed by atoms with Gasteiger partial charge in [-0.2, -0.15) is 0 Å². The van der Waals surface area contributed by atoms with Crippen molar-refractivity contribution >= 4 is 31.8 Å². The zero-order valence-corrected chi connectivity index (χ0v) is 16.9. The zero-order chi connectivity index (χ0) is 20.3. The Labute approximate surface area is 169 Å². The maximum Gasteiger partial charge on any atom is 0.240 e. The Hall–Kier alpha value is -2.81. The van der Waals surface area contributed by atoms with E-state index >= 15 is 0 Å². The quantitative estimate of drug-likeness (QED) is 0.389. The molecule has 0 amide bonds. The van der Waals surface area contributed by atoms with E-state index in [1.54, 1.807) is 43.0 Å². The molecule has 0 aliphatic carbocycles. The first-order chi connectivity index (χ1) is 14.0. The Morgan fingerprint density at radius 2 is 2.00 bits per heavy atom. The highest BCUT2D eigenvalue weighted by Gasteiger charge is 2.17. The number of nitrogens with one attached hydrogen (secondary N) is 3. The topological polar surface area (TPSA) is 99.8 Å². The van der Waals surface area contributed by atoms with Crippen LogP contribution in [0.1, 0.15) is 12.5 Å². The molecule has 4 aromatic rings. The van der Waals surface area contributed by atoms with Gasteiger partial charge in [0.1, 0.15) is 0 Å². The van der Waals surface area contributed by atoms with Crippen molar-refractivity contribution in [2.45, 2.75) is 24.3 Å². The molecule has 0 spiro atoms. The van der Waals surface area contributed by atoms with Crippen LogP contribution in [-0.4, -0.2) is 42.5 Å². The highest BCUT2D eigenvalue weighted by atomic mass is 32.2. The van der Waals surface area contributed by atoms with Crippen LogP contribution in [0, 0.1) is 0 Å². The van der Waals surface area contributed by atoms with Crippen LogP contribution in [0.25, 0.3) is 21.8 Å². The SMILES string of the molecule is C[C@H](CNCCc1ccc2[nH]cnc2c1)NS(=O)(=O)c1ccc2cnccc2c1. The van der Waals surface area contributed by atoms with E-state index in [2.05, 4.69) is 37.1 Å². The number of hydrogen-bond acceptors (Lipinski definition) is 5. The lowest BCUT2D eigenvalue weighted by Crippen LogP contribution is -2.40. The largest absolute Gasteiger partial charge is 0.345 e. The van der Waals surface area contributed by atoms with Crippen molar-refractivity contribution in [2.24, 2.45) is 0 Å². The molecule has 7 nitrogen and oxygen atoms in total. The highest BCUT2D eigenvalue weighted by Crippen LogP contribution is 2.18. The number of imidazole rings is 1. The van der Waals surface area contributed by atoms with Gasteiger partial charge in [0.05, 0.1) is 22.3 Å². The molecule has 0 aliphatic heterocycles. The molecule has 1 atom stereocenters. The molecule has 0 saturated heterocycles. The Bertz CT molecular complexity index is 1240. The van der Waals surface area contributed by atoms with E-state index in [0.29, 0.717) is 6.54 Å². The van der Waals surface area contributed by atoms with Crippen molar-refractivity contribution in [2.75, 3.05) is 13.1 Å². The van der Waals surface area contributed by atoms with E-state index in [4.69, 9.17) is 0 Å². The molecule has 0 saturated carbocycles. The van der Waals surface area contributed by atoms with Crippen LogP contribution >= 0.6 is 0 Å². The van der Waals surface area contributed by atoms with Crippen molar-refractivity contribution in [1.29, 1.82) is 0 Å². The van der Waals surface area contributed by atoms with Crippen molar-refractivity contribution < 1.29 is 8.42 Å². The fourth-order valence-corrected chi connectivity index (χ4v) is 4.57. The number of aromatic amines is 1. The molecule has 0 unspecified atom stereocenters. The van der Waals surface area contributed by atoms with E-state index in [0.717, 1.165) is 34.8 Å². The van der Waals surface area contributed by atoms with Crippen LogP contribution in [-0.2, 0) is 16.4 Å². The fourth-order valence-electron chi connectivity index (χ4n) is 3.29. The lowest BCUT2D eigenvalue weighted by Gasteiger charge is -2.15. The molecule has 2 aromatic carbocycles. The minimum atomic E-state index is -3.58. The van der Waals surface area contributed by atoms with Gasteiger partial charge in [0.15, 0.2) is 0 Å². The molecule has 4 rings (SSSR count). The second-order valence-electron chi connectivity index (χ2n) is 7.12. The summed E-state index contributed by atoms with van der Waals surface area (Å²) in [6.45, 7) is 3.15. The lowest BCUT2D eigenvalue weighted by atomic mass is 10.1. The number of fused-ring (bicyclic) bond motifs is 2. The first-order valence-electron chi connectivity index (χ1n) is 9.50. The van der Waals surface area contributed by atoms with Crippen molar-refractivity contribution in [3.05, 3.63) is 66.7 Å². The molecular weight excluding hydrogens is 386 g/mol. The third-order valence-electron chi connectivity index (χ3n) is 4.81. The van der Waals surface area contributed by atoms with Gasteiger partial charge in [0.2, 0.25) is 10.0 Å². The maximum atomic E-state index is 12.7. The normalized spacial score (nSPS) is 13.1. The number of rotatable bonds is 8. The van der Waals surface area contributed by atoms with Crippen LogP contribution in [0.5, 0.6) is 0 Å². The van der Waals surface area contributed by atoms with Crippen molar-refractivity contribution in [1.82, 2.24) is 25.0 Å². The number of hydrogen-bond donors (Lipinski definition) is 3. The molecule has 8 heteroatoms. The summed E-state index contributed by atoms with van der Waals surface area (Å²) in [5, 5.41) is 5.08. The van der Waals surface area contributed by atoms with Gasteiger partial charge in [-0.25, -0.2) is 18.1 Å². The van der Waals surface area contributed by atoms with Crippen LogP contribution < -0.4 is 10.0 Å². The number of pyridine rings is 1. The van der Waals surface area contributed by atoms with Gasteiger partial charge in [0, 0.05) is 30.4 Å². The minimum absolute atomic E-state index is 0.234. The van der Waals surface area contributed by atoms with E-state index in [1.807, 2.05) is 13.0 Å². The number of nitrogens with zero attached hydrogens (tertiary/aromatic N) is 2. The van der Waals surface area contributed by atoms with E-state index in [1.165, 1.54) is 5.56 Å². The Morgan fingerprint density at radius 3 is 2.90 bits per heavy atom. The molecule has 0 fully saturated rings. The summed E-state index contributed by atoms with van der Waals surface area (Å²) < 4.78 is 28.1. The minimum Gasteiger partial charge on any atom is -0.345 e. The zero-order valence-electron chi connectivity index (χ0n) is 16.1. The Morgan fingerprint density at radius 1 is 1.10 bits per heavy atom. The lowest BCUT2D eigenvalue weighted by molar-refractivity contribution is 0.537. The van der Waals surface area contributed by atoms with Gasteiger partial charge >= 0.3 is 0 Å². The smallest absolute Gasteiger partial charge is 0.240 e. The second kappa shape index (κ2) is 8.28. The van der Waals surface area contributed by atoms with Gasteiger partial charge < -0.3 is 10.3 Å². The molecule has 150 valence electrons. The molecule has 0 bridgehead atoms. The summed E-state index contributed by atoms with van der Waals surface area (Å²) in [4.78, 5) is 11.7. The average molecular weight is 410 g/mol. The number of sulfonamides is 1. The van der Waals surface area contributed by atoms with Gasteiger partial charge in [-0.1, -0.05) is 12.1 Å². The molecule has 3 N–H and O–H groups in total. The molecule has 2 aromatic heterocycles. The summed E-state index contributed by atoms with van der Waals surface area (Å²) in [5.41, 5.74) is 3.17. The maximum absolute atomic E-state index is 12.7. The highest BCUT2D eigenvalue weighted by molar-refractivity contribution is 7.89. The van der Waals surface area contributed by atoms with Gasteiger partial charge in [-0.15, -0.1) is 0 Å². The van der Waals surface area contributed by atoms with Crippen LogP contribution in [0.15, 0.2) is 66.1 Å². The third kappa shape index (κ3) is 4.61. The van der Waals surface area contributed by atoms with Crippen molar-refractivity contribution in [3.63, 3.8) is 0 Å². The molecule has 2 heterocycles. The van der Waals surface area contributed by atoms with E-state index in [9.17, 15) is 8.42 Å². The molecular formula is C21H23N5O2S. The number of H-pyrrole nitrogens is 1. The second-order valence-corrected chi connectivity index (χ2v) is 8.83.